The van der Waals surface area contributed by atoms with Crippen molar-refractivity contribution in [3.05, 3.63) is 71.3 Å². The van der Waals surface area contributed by atoms with Gasteiger partial charge in [0, 0.05) is 24.7 Å². The number of nitrogens with zero attached hydrogens (tertiary/aromatic N) is 3. The van der Waals surface area contributed by atoms with Crippen LogP contribution in [0.4, 0.5) is 0 Å². The first-order chi connectivity index (χ1) is 15.1. The van der Waals surface area contributed by atoms with Crippen LogP contribution in [0.15, 0.2) is 54.6 Å². The number of fused-ring (bicyclic) bond motifs is 1. The molecule has 2 aromatic carbocycles. The first-order valence-corrected chi connectivity index (χ1v) is 11.9. The number of benzene rings is 2. The van der Waals surface area contributed by atoms with Gasteiger partial charge in [-0.25, -0.2) is 0 Å². The molecule has 0 unspecified atom stereocenters. The van der Waals surface area contributed by atoms with Gasteiger partial charge in [-0.2, -0.15) is 0 Å². The highest BCUT2D eigenvalue weighted by atomic mass is 16.2. The summed E-state index contributed by atoms with van der Waals surface area (Å²) in [5, 5.41) is 0. The van der Waals surface area contributed by atoms with E-state index in [-0.39, 0.29) is 5.91 Å². The van der Waals surface area contributed by atoms with E-state index in [1.807, 2.05) is 30.3 Å². The van der Waals surface area contributed by atoms with E-state index in [9.17, 15) is 4.79 Å². The predicted molar refractivity (Wildman–Crippen MR) is 127 cm³/mol. The summed E-state index contributed by atoms with van der Waals surface area (Å²) in [7, 11) is 4.20. The van der Waals surface area contributed by atoms with Gasteiger partial charge in [0.25, 0.3) is 5.91 Å². The highest BCUT2D eigenvalue weighted by molar-refractivity contribution is 5.94. The fraction of sp³-hybridized carbons (Fsp3) is 0.519. The smallest absolute Gasteiger partial charge is 0.253 e. The predicted octanol–water partition coefficient (Wildman–Crippen LogP) is 3.96. The second-order valence-electron chi connectivity index (χ2n) is 9.58. The summed E-state index contributed by atoms with van der Waals surface area (Å²) in [5.41, 5.74) is 3.89. The molecule has 4 rings (SSSR count). The van der Waals surface area contributed by atoms with Gasteiger partial charge in [-0.05, 0) is 95.0 Å². The van der Waals surface area contributed by atoms with E-state index in [1.165, 1.54) is 36.8 Å². The molecule has 1 aliphatic carbocycles. The van der Waals surface area contributed by atoms with Crippen LogP contribution in [-0.2, 0) is 12.8 Å². The maximum Gasteiger partial charge on any atom is 0.253 e. The second kappa shape index (κ2) is 10.4. The van der Waals surface area contributed by atoms with E-state index in [0.29, 0.717) is 12.0 Å². The molecule has 31 heavy (non-hydrogen) atoms. The largest absolute Gasteiger partial charge is 0.338 e. The molecule has 0 aromatic heterocycles. The van der Waals surface area contributed by atoms with Crippen molar-refractivity contribution in [3.8, 4) is 0 Å². The van der Waals surface area contributed by atoms with Crippen LogP contribution in [0.5, 0.6) is 0 Å². The Kier molecular flexibility index (Phi) is 7.41. The minimum absolute atomic E-state index is 0.188. The van der Waals surface area contributed by atoms with Gasteiger partial charge < -0.3 is 9.80 Å². The molecule has 4 nitrogen and oxygen atoms in total. The summed E-state index contributed by atoms with van der Waals surface area (Å²) in [5.74, 6) is 0.792. The summed E-state index contributed by atoms with van der Waals surface area (Å²) >= 11 is 0. The Morgan fingerprint density at radius 3 is 2.13 bits per heavy atom. The number of hydrogen-bond donors (Lipinski definition) is 0. The van der Waals surface area contributed by atoms with Crippen molar-refractivity contribution in [2.24, 2.45) is 5.92 Å². The Labute approximate surface area is 187 Å². The first kappa shape index (κ1) is 22.0. The maximum atomic E-state index is 13.2. The van der Waals surface area contributed by atoms with E-state index >= 15 is 0 Å². The minimum Gasteiger partial charge on any atom is -0.338 e. The number of likely N-dealkylation sites (tertiary alicyclic amines) is 1. The molecule has 4 heteroatoms. The molecular formula is C27H37N3O. The van der Waals surface area contributed by atoms with Crippen LogP contribution < -0.4 is 0 Å². The van der Waals surface area contributed by atoms with E-state index in [1.54, 1.807) is 0 Å². The van der Waals surface area contributed by atoms with Crippen molar-refractivity contribution in [3.63, 3.8) is 0 Å². The average Bonchev–Trinajstić information content (AvgIpc) is 3.23. The van der Waals surface area contributed by atoms with Gasteiger partial charge in [-0.1, -0.05) is 42.5 Å². The molecule has 1 aliphatic heterocycles. The van der Waals surface area contributed by atoms with Crippen molar-refractivity contribution in [1.29, 1.82) is 0 Å². The molecule has 2 aromatic rings. The van der Waals surface area contributed by atoms with E-state index in [2.05, 4.69) is 53.1 Å². The van der Waals surface area contributed by atoms with E-state index < -0.39 is 0 Å². The molecule has 166 valence electrons. The number of piperidine rings is 1. The van der Waals surface area contributed by atoms with Gasteiger partial charge in [-0.15, -0.1) is 0 Å². The molecule has 1 amide bonds. The third kappa shape index (κ3) is 5.75. The lowest BCUT2D eigenvalue weighted by Gasteiger charge is -2.38. The van der Waals surface area contributed by atoms with Crippen molar-refractivity contribution >= 4 is 5.91 Å². The van der Waals surface area contributed by atoms with Crippen molar-refractivity contribution < 1.29 is 4.79 Å². The highest BCUT2D eigenvalue weighted by Gasteiger charge is 2.30. The van der Waals surface area contributed by atoms with Crippen LogP contribution >= 0.6 is 0 Å². The van der Waals surface area contributed by atoms with Crippen LogP contribution in [-0.4, -0.2) is 73.5 Å². The molecule has 2 aliphatic rings. The lowest BCUT2D eigenvalue weighted by molar-refractivity contribution is 0.0661. The lowest BCUT2D eigenvalue weighted by atomic mass is 9.94. The zero-order valence-electron chi connectivity index (χ0n) is 19.2. The highest BCUT2D eigenvalue weighted by Crippen LogP contribution is 2.29. The zero-order chi connectivity index (χ0) is 21.6. The quantitative estimate of drug-likeness (QED) is 0.648. The Morgan fingerprint density at radius 2 is 1.52 bits per heavy atom. The van der Waals surface area contributed by atoms with Gasteiger partial charge in [0.2, 0.25) is 0 Å². The summed E-state index contributed by atoms with van der Waals surface area (Å²) in [4.78, 5) is 20.2. The Balaban J connectivity index is 1.32. The fourth-order valence-corrected chi connectivity index (χ4v) is 5.22. The monoisotopic (exact) mass is 419 g/mol. The van der Waals surface area contributed by atoms with Crippen molar-refractivity contribution in [2.45, 2.75) is 38.1 Å². The third-order valence-electron chi connectivity index (χ3n) is 7.01. The van der Waals surface area contributed by atoms with Gasteiger partial charge in [0.15, 0.2) is 0 Å². The molecule has 0 N–H and O–H groups in total. The average molecular weight is 420 g/mol. The molecule has 0 bridgehead atoms. The number of carbonyl (C=O) groups excluding carboxylic acids is 1. The Bertz CT molecular complexity index is 818. The van der Waals surface area contributed by atoms with E-state index in [0.717, 1.165) is 44.7 Å². The van der Waals surface area contributed by atoms with Crippen LogP contribution in [0.2, 0.25) is 0 Å². The number of rotatable bonds is 8. The van der Waals surface area contributed by atoms with E-state index in [4.69, 9.17) is 0 Å². The SMILES string of the molecule is CN(C)CCCN(CC1CCN(C2Cc3ccccc3C2)CC1)C(=O)c1ccccc1. The summed E-state index contributed by atoms with van der Waals surface area (Å²) in [6, 6.07) is 19.4. The van der Waals surface area contributed by atoms with Gasteiger partial charge in [0.1, 0.15) is 0 Å². The fourth-order valence-electron chi connectivity index (χ4n) is 5.22. The zero-order valence-corrected chi connectivity index (χ0v) is 19.2. The molecule has 1 fully saturated rings. The second-order valence-corrected chi connectivity index (χ2v) is 9.58. The number of amides is 1. The normalized spacial score (nSPS) is 17.8. The van der Waals surface area contributed by atoms with Gasteiger partial charge in [0.05, 0.1) is 0 Å². The number of carbonyl (C=O) groups is 1. The summed E-state index contributed by atoms with van der Waals surface area (Å²) < 4.78 is 0. The van der Waals surface area contributed by atoms with Crippen LogP contribution in [0.25, 0.3) is 0 Å². The molecule has 0 saturated carbocycles. The maximum absolute atomic E-state index is 13.2. The Hall–Kier alpha value is -2.17. The van der Waals surface area contributed by atoms with Gasteiger partial charge >= 0.3 is 0 Å². The molecule has 0 radical (unpaired) electrons. The molecule has 0 atom stereocenters. The van der Waals surface area contributed by atoms with Crippen LogP contribution in [0.3, 0.4) is 0 Å². The van der Waals surface area contributed by atoms with Crippen molar-refractivity contribution in [1.82, 2.24) is 14.7 Å². The third-order valence-corrected chi connectivity index (χ3v) is 7.01. The minimum atomic E-state index is 0.188. The van der Waals surface area contributed by atoms with Gasteiger partial charge in [-0.3, -0.25) is 9.69 Å². The number of hydrogen-bond acceptors (Lipinski definition) is 3. The summed E-state index contributed by atoms with van der Waals surface area (Å²) in [6.45, 7) is 5.06. The topological polar surface area (TPSA) is 26.8 Å². The molecule has 0 spiro atoms. The Morgan fingerprint density at radius 1 is 0.903 bits per heavy atom. The standard InChI is InChI=1S/C27H37N3O/c1-28(2)15-8-16-30(27(31)23-9-4-3-5-10-23)21-22-13-17-29(18-14-22)26-19-24-11-6-7-12-25(24)20-26/h3-7,9-12,22,26H,8,13-21H2,1-2H3. The molecular weight excluding hydrogens is 382 g/mol. The summed E-state index contributed by atoms with van der Waals surface area (Å²) in [6.07, 6.45) is 5.80. The molecule has 1 saturated heterocycles. The van der Waals surface area contributed by atoms with Crippen molar-refractivity contribution in [2.75, 3.05) is 46.8 Å². The first-order valence-electron chi connectivity index (χ1n) is 11.9. The van der Waals surface area contributed by atoms with Crippen LogP contribution in [0, 0.1) is 5.92 Å². The van der Waals surface area contributed by atoms with Crippen LogP contribution in [0.1, 0.15) is 40.7 Å². The molecule has 1 heterocycles. The lowest BCUT2D eigenvalue weighted by Crippen LogP contribution is -2.45.